The maximum absolute atomic E-state index is 13.2. The smallest absolute Gasteiger partial charge is 0.243 e. The number of aryl methyl sites for hydroxylation is 2. The van der Waals surface area contributed by atoms with Crippen LogP contribution in [0.25, 0.3) is 0 Å². The van der Waals surface area contributed by atoms with Crippen molar-refractivity contribution in [3.05, 3.63) is 29.3 Å². The third-order valence-corrected chi connectivity index (χ3v) is 9.50. The van der Waals surface area contributed by atoms with Crippen molar-refractivity contribution < 1.29 is 13.2 Å². The number of nitrogens with zero attached hydrogens (tertiary/aromatic N) is 2. The molecule has 6 nitrogen and oxygen atoms in total. The van der Waals surface area contributed by atoms with Gasteiger partial charge >= 0.3 is 0 Å². The SMILES string of the molecule is CC1CCN(CCCNC(=O)C2CCN(S(=O)(=O)c3ccc4c(c3)CCCC4)CC2)CC1. The van der Waals surface area contributed by atoms with Crippen LogP contribution in [0, 0.1) is 11.8 Å². The molecular weight excluding hydrogens is 422 g/mol. The molecule has 0 spiro atoms. The molecule has 0 radical (unpaired) electrons. The van der Waals surface area contributed by atoms with Crippen LogP contribution in [0.4, 0.5) is 0 Å². The Hall–Kier alpha value is -1.44. The highest BCUT2D eigenvalue weighted by atomic mass is 32.2. The Bertz CT molecular complexity index is 886. The molecule has 0 aromatic heterocycles. The summed E-state index contributed by atoms with van der Waals surface area (Å²) in [6.45, 7) is 7.26. The van der Waals surface area contributed by atoms with Crippen molar-refractivity contribution >= 4 is 15.9 Å². The lowest BCUT2D eigenvalue weighted by atomic mass is 9.92. The number of nitrogens with one attached hydrogen (secondary N) is 1. The van der Waals surface area contributed by atoms with Crippen molar-refractivity contribution in [3.8, 4) is 0 Å². The summed E-state index contributed by atoms with van der Waals surface area (Å²) in [7, 11) is -3.49. The molecule has 2 heterocycles. The van der Waals surface area contributed by atoms with Gasteiger partial charge in [-0.1, -0.05) is 13.0 Å². The minimum Gasteiger partial charge on any atom is -0.356 e. The van der Waals surface area contributed by atoms with Gasteiger partial charge in [0.05, 0.1) is 4.90 Å². The molecule has 178 valence electrons. The molecule has 2 aliphatic heterocycles. The number of hydrogen-bond acceptors (Lipinski definition) is 4. The number of likely N-dealkylation sites (tertiary alicyclic amines) is 1. The summed E-state index contributed by atoms with van der Waals surface area (Å²) in [5.74, 6) is 0.844. The van der Waals surface area contributed by atoms with E-state index in [1.807, 2.05) is 12.1 Å². The van der Waals surface area contributed by atoms with Crippen LogP contribution in [0.1, 0.15) is 63.0 Å². The maximum atomic E-state index is 13.2. The van der Waals surface area contributed by atoms with E-state index in [-0.39, 0.29) is 11.8 Å². The van der Waals surface area contributed by atoms with Crippen molar-refractivity contribution in [2.75, 3.05) is 39.3 Å². The number of amides is 1. The molecule has 0 saturated carbocycles. The summed E-state index contributed by atoms with van der Waals surface area (Å²) in [5, 5.41) is 3.09. The number of carbonyl (C=O) groups is 1. The van der Waals surface area contributed by atoms with Gasteiger partial charge in [0, 0.05) is 25.6 Å². The molecule has 1 aliphatic carbocycles. The van der Waals surface area contributed by atoms with E-state index in [4.69, 9.17) is 0 Å². The highest BCUT2D eigenvalue weighted by Gasteiger charge is 2.32. The van der Waals surface area contributed by atoms with Crippen LogP contribution in [0.3, 0.4) is 0 Å². The largest absolute Gasteiger partial charge is 0.356 e. The van der Waals surface area contributed by atoms with Crippen LogP contribution in [-0.4, -0.2) is 62.8 Å². The van der Waals surface area contributed by atoms with Crippen LogP contribution in [0.15, 0.2) is 23.1 Å². The van der Waals surface area contributed by atoms with Crippen LogP contribution in [0.5, 0.6) is 0 Å². The van der Waals surface area contributed by atoms with Gasteiger partial charge in [-0.3, -0.25) is 4.79 Å². The molecule has 2 fully saturated rings. The first-order valence-corrected chi connectivity index (χ1v) is 14.0. The molecule has 0 bridgehead atoms. The van der Waals surface area contributed by atoms with E-state index in [0.29, 0.717) is 37.4 Å². The zero-order valence-corrected chi connectivity index (χ0v) is 20.3. The summed E-state index contributed by atoms with van der Waals surface area (Å²) in [5.41, 5.74) is 2.48. The fraction of sp³-hybridized carbons (Fsp3) is 0.720. The fourth-order valence-corrected chi connectivity index (χ4v) is 6.84. The average Bonchev–Trinajstić information content (AvgIpc) is 2.82. The average molecular weight is 462 g/mol. The Kier molecular flexibility index (Phi) is 7.90. The van der Waals surface area contributed by atoms with E-state index in [1.54, 1.807) is 10.4 Å². The molecular formula is C25H39N3O3S. The minimum absolute atomic E-state index is 0.0826. The number of sulfonamides is 1. The van der Waals surface area contributed by atoms with E-state index in [9.17, 15) is 13.2 Å². The number of fused-ring (bicyclic) bond motifs is 1. The van der Waals surface area contributed by atoms with Gasteiger partial charge in [0.2, 0.25) is 15.9 Å². The minimum atomic E-state index is -3.49. The standard InChI is InChI=1S/C25H39N3O3S/c1-20-9-15-27(16-10-20)14-4-13-26-25(29)22-11-17-28(18-12-22)32(30,31)24-8-7-21-5-2-3-6-23(21)19-24/h7-8,19-20,22H,2-6,9-18H2,1H3,(H,26,29). The number of carbonyl (C=O) groups excluding carboxylic acids is 1. The molecule has 2 saturated heterocycles. The Morgan fingerprint density at radius 1 is 1.00 bits per heavy atom. The molecule has 0 unspecified atom stereocenters. The first-order valence-electron chi connectivity index (χ1n) is 12.6. The maximum Gasteiger partial charge on any atom is 0.243 e. The fourth-order valence-electron chi connectivity index (χ4n) is 5.32. The van der Waals surface area contributed by atoms with Gasteiger partial charge in [-0.2, -0.15) is 4.31 Å². The van der Waals surface area contributed by atoms with Crippen molar-refractivity contribution in [2.24, 2.45) is 11.8 Å². The lowest BCUT2D eigenvalue weighted by Crippen LogP contribution is -2.43. The molecule has 1 N–H and O–H groups in total. The van der Waals surface area contributed by atoms with E-state index in [0.717, 1.165) is 38.1 Å². The third-order valence-electron chi connectivity index (χ3n) is 7.61. The molecule has 1 aromatic carbocycles. The van der Waals surface area contributed by atoms with Crippen LogP contribution in [-0.2, 0) is 27.7 Å². The van der Waals surface area contributed by atoms with E-state index < -0.39 is 10.0 Å². The lowest BCUT2D eigenvalue weighted by molar-refractivity contribution is -0.126. The van der Waals surface area contributed by atoms with Crippen molar-refractivity contribution in [1.29, 1.82) is 0 Å². The van der Waals surface area contributed by atoms with Gasteiger partial charge < -0.3 is 10.2 Å². The number of hydrogen-bond donors (Lipinski definition) is 1. The lowest BCUT2D eigenvalue weighted by Gasteiger charge is -2.31. The molecule has 7 heteroatoms. The van der Waals surface area contributed by atoms with Crippen LogP contribution in [0.2, 0.25) is 0 Å². The topological polar surface area (TPSA) is 69.7 Å². The van der Waals surface area contributed by atoms with Crippen LogP contribution < -0.4 is 5.32 Å². The molecule has 0 atom stereocenters. The van der Waals surface area contributed by atoms with Gasteiger partial charge in [-0.05, 0) is 107 Å². The third kappa shape index (κ3) is 5.72. The second kappa shape index (κ2) is 10.7. The zero-order valence-electron chi connectivity index (χ0n) is 19.5. The van der Waals surface area contributed by atoms with E-state index in [1.165, 1.54) is 43.5 Å². The Morgan fingerprint density at radius 3 is 2.41 bits per heavy atom. The molecule has 3 aliphatic rings. The number of benzene rings is 1. The number of rotatable bonds is 7. The van der Waals surface area contributed by atoms with Gasteiger partial charge in [0.15, 0.2) is 0 Å². The summed E-state index contributed by atoms with van der Waals surface area (Å²) < 4.78 is 27.9. The molecule has 4 rings (SSSR count). The second-order valence-electron chi connectivity index (χ2n) is 9.98. The van der Waals surface area contributed by atoms with Crippen molar-refractivity contribution in [2.45, 2.75) is 69.6 Å². The Labute approximate surface area is 193 Å². The van der Waals surface area contributed by atoms with E-state index >= 15 is 0 Å². The summed E-state index contributed by atoms with van der Waals surface area (Å²) in [6, 6.07) is 5.64. The van der Waals surface area contributed by atoms with Gasteiger partial charge in [0.25, 0.3) is 0 Å². The predicted octanol–water partition coefficient (Wildman–Crippen LogP) is 3.20. The zero-order chi connectivity index (χ0) is 22.6. The Morgan fingerprint density at radius 2 is 1.69 bits per heavy atom. The molecule has 1 amide bonds. The first-order chi connectivity index (χ1) is 15.4. The van der Waals surface area contributed by atoms with Crippen LogP contribution >= 0.6 is 0 Å². The van der Waals surface area contributed by atoms with Gasteiger partial charge in [-0.15, -0.1) is 0 Å². The monoisotopic (exact) mass is 461 g/mol. The van der Waals surface area contributed by atoms with Gasteiger partial charge in [0.1, 0.15) is 0 Å². The summed E-state index contributed by atoms with van der Waals surface area (Å²) in [4.78, 5) is 15.5. The predicted molar refractivity (Wildman–Crippen MR) is 127 cm³/mol. The molecule has 1 aromatic rings. The van der Waals surface area contributed by atoms with E-state index in [2.05, 4.69) is 17.1 Å². The van der Waals surface area contributed by atoms with Crippen molar-refractivity contribution in [3.63, 3.8) is 0 Å². The summed E-state index contributed by atoms with van der Waals surface area (Å²) in [6.07, 6.45) is 9.07. The number of piperidine rings is 2. The first kappa shape index (κ1) is 23.7. The highest BCUT2D eigenvalue weighted by molar-refractivity contribution is 7.89. The highest BCUT2D eigenvalue weighted by Crippen LogP contribution is 2.28. The normalized spacial score (nSPS) is 21.9. The van der Waals surface area contributed by atoms with Gasteiger partial charge in [-0.25, -0.2) is 8.42 Å². The molecule has 32 heavy (non-hydrogen) atoms. The van der Waals surface area contributed by atoms with Crippen molar-refractivity contribution in [1.82, 2.24) is 14.5 Å². The Balaban J connectivity index is 1.21. The summed E-state index contributed by atoms with van der Waals surface area (Å²) >= 11 is 0. The quantitative estimate of drug-likeness (QED) is 0.633. The second-order valence-corrected chi connectivity index (χ2v) is 11.9.